The minimum Gasteiger partial charge on any atom is -0.468 e. The molecule has 3 aromatic rings. The summed E-state index contributed by atoms with van der Waals surface area (Å²) in [5, 5.41) is 9.69. The lowest BCUT2D eigenvalue weighted by atomic mass is 10.2. The first kappa shape index (κ1) is 15.1. The topological polar surface area (TPSA) is 87.3 Å². The van der Waals surface area contributed by atoms with Gasteiger partial charge in [-0.3, -0.25) is 14.8 Å². The second-order valence-electron chi connectivity index (χ2n) is 5.35. The van der Waals surface area contributed by atoms with Crippen LogP contribution in [0.15, 0.2) is 51.7 Å². The summed E-state index contributed by atoms with van der Waals surface area (Å²) >= 11 is 0. The van der Waals surface area contributed by atoms with Gasteiger partial charge in [0.05, 0.1) is 18.6 Å². The van der Waals surface area contributed by atoms with Gasteiger partial charge in [-0.15, -0.1) is 0 Å². The van der Waals surface area contributed by atoms with Crippen LogP contribution in [0.5, 0.6) is 0 Å². The third-order valence-electron chi connectivity index (χ3n) is 3.55. The van der Waals surface area contributed by atoms with Crippen molar-refractivity contribution in [3.05, 3.63) is 54.3 Å². The molecule has 1 amide bonds. The molecule has 0 bridgehead atoms. The summed E-state index contributed by atoms with van der Waals surface area (Å²) in [6, 6.07) is 8.91. The molecule has 0 fully saturated rings. The molecule has 0 aliphatic heterocycles. The molecule has 3 heterocycles. The van der Waals surface area contributed by atoms with Gasteiger partial charge < -0.3 is 14.2 Å². The van der Waals surface area contributed by atoms with Crippen LogP contribution in [0.1, 0.15) is 22.3 Å². The first-order chi connectivity index (χ1) is 11.1. The zero-order valence-corrected chi connectivity index (χ0v) is 12.9. The van der Waals surface area contributed by atoms with Crippen molar-refractivity contribution in [3.63, 3.8) is 0 Å². The summed E-state index contributed by atoms with van der Waals surface area (Å²) in [6.45, 7) is 0.419. The van der Waals surface area contributed by atoms with Crippen LogP contribution in [0.2, 0.25) is 0 Å². The normalized spacial score (nSPS) is 12.5. The average molecular weight is 314 g/mol. The van der Waals surface area contributed by atoms with E-state index in [9.17, 15) is 4.79 Å². The van der Waals surface area contributed by atoms with Crippen molar-refractivity contribution in [1.82, 2.24) is 20.4 Å². The highest BCUT2D eigenvalue weighted by Crippen LogP contribution is 2.19. The fraction of sp³-hybridized carbons (Fsp3) is 0.250. The average Bonchev–Trinajstić information content (AvgIpc) is 3.27. The molecule has 7 nitrogen and oxygen atoms in total. The van der Waals surface area contributed by atoms with E-state index in [4.69, 9.17) is 8.83 Å². The molecular formula is C16H18N4O3. The third kappa shape index (κ3) is 3.35. The van der Waals surface area contributed by atoms with Crippen LogP contribution in [-0.2, 0) is 0 Å². The standard InChI is InChI=1S/C16H18N4O3/c1-20(2)13(15-6-4-8-23-15)10-17-16(21)12-9-11(18-19-12)14-5-3-7-22-14/h3-9,13H,10H2,1-2H3,(H,17,21)(H,18,19)/t13-/m1/s1. The molecule has 7 heteroatoms. The van der Waals surface area contributed by atoms with Crippen molar-refractivity contribution in [2.75, 3.05) is 20.6 Å². The van der Waals surface area contributed by atoms with Crippen LogP contribution in [0, 0.1) is 0 Å². The molecular weight excluding hydrogens is 296 g/mol. The molecule has 0 aliphatic rings. The molecule has 0 saturated carbocycles. The zero-order chi connectivity index (χ0) is 16.2. The number of aromatic nitrogens is 2. The summed E-state index contributed by atoms with van der Waals surface area (Å²) in [7, 11) is 3.87. The maximum Gasteiger partial charge on any atom is 0.271 e. The third-order valence-corrected chi connectivity index (χ3v) is 3.55. The van der Waals surface area contributed by atoms with Gasteiger partial charge in [0.15, 0.2) is 11.5 Å². The highest BCUT2D eigenvalue weighted by atomic mass is 16.3. The van der Waals surface area contributed by atoms with Crippen molar-refractivity contribution >= 4 is 5.91 Å². The second kappa shape index (κ2) is 6.53. The summed E-state index contributed by atoms with van der Waals surface area (Å²) in [6.07, 6.45) is 3.19. The Balaban J connectivity index is 1.65. The monoisotopic (exact) mass is 314 g/mol. The number of aromatic amines is 1. The van der Waals surface area contributed by atoms with Crippen LogP contribution in [0.3, 0.4) is 0 Å². The molecule has 120 valence electrons. The number of hydrogen-bond donors (Lipinski definition) is 2. The molecule has 2 N–H and O–H groups in total. The van der Waals surface area contributed by atoms with E-state index in [2.05, 4.69) is 15.5 Å². The van der Waals surface area contributed by atoms with Gasteiger partial charge in [-0.1, -0.05) is 0 Å². The van der Waals surface area contributed by atoms with Gasteiger partial charge in [-0.2, -0.15) is 5.10 Å². The van der Waals surface area contributed by atoms with Gasteiger partial charge in [0.1, 0.15) is 11.5 Å². The fourth-order valence-electron chi connectivity index (χ4n) is 2.29. The molecule has 3 aromatic heterocycles. The van der Waals surface area contributed by atoms with Gasteiger partial charge in [-0.05, 0) is 38.4 Å². The number of rotatable bonds is 6. The quantitative estimate of drug-likeness (QED) is 0.729. The number of amides is 1. The van der Waals surface area contributed by atoms with E-state index in [1.165, 1.54) is 0 Å². The zero-order valence-electron chi connectivity index (χ0n) is 12.9. The Hall–Kier alpha value is -2.80. The SMILES string of the molecule is CN(C)[C@H](CNC(=O)c1cc(-c2ccco2)[nH]n1)c1ccco1. The van der Waals surface area contributed by atoms with Crippen molar-refractivity contribution in [2.24, 2.45) is 0 Å². The van der Waals surface area contributed by atoms with E-state index >= 15 is 0 Å². The molecule has 23 heavy (non-hydrogen) atoms. The number of nitrogens with zero attached hydrogens (tertiary/aromatic N) is 2. The number of furan rings is 2. The molecule has 3 rings (SSSR count). The van der Waals surface area contributed by atoms with Gasteiger partial charge in [-0.25, -0.2) is 0 Å². The Morgan fingerprint density at radius 1 is 1.30 bits per heavy atom. The van der Waals surface area contributed by atoms with Crippen molar-refractivity contribution < 1.29 is 13.6 Å². The maximum absolute atomic E-state index is 12.3. The Labute approximate surface area is 133 Å². The molecule has 0 unspecified atom stereocenters. The van der Waals surface area contributed by atoms with Crippen LogP contribution >= 0.6 is 0 Å². The van der Waals surface area contributed by atoms with E-state index in [0.29, 0.717) is 23.7 Å². The smallest absolute Gasteiger partial charge is 0.271 e. The maximum atomic E-state index is 12.3. The fourth-order valence-corrected chi connectivity index (χ4v) is 2.29. The summed E-state index contributed by atoms with van der Waals surface area (Å²) in [5.74, 6) is 1.18. The number of nitrogens with one attached hydrogen (secondary N) is 2. The molecule has 0 radical (unpaired) electrons. The van der Waals surface area contributed by atoms with E-state index in [-0.39, 0.29) is 11.9 Å². The predicted octanol–water partition coefficient (Wildman–Crippen LogP) is 2.30. The highest BCUT2D eigenvalue weighted by molar-refractivity contribution is 5.93. The van der Waals surface area contributed by atoms with E-state index < -0.39 is 0 Å². The highest BCUT2D eigenvalue weighted by Gasteiger charge is 2.19. The molecule has 0 spiro atoms. The van der Waals surface area contributed by atoms with Crippen molar-refractivity contribution in [2.45, 2.75) is 6.04 Å². The first-order valence-electron chi connectivity index (χ1n) is 7.22. The lowest BCUT2D eigenvalue weighted by Crippen LogP contribution is -2.34. The molecule has 0 saturated heterocycles. The molecule has 1 atom stereocenters. The largest absolute Gasteiger partial charge is 0.468 e. The second-order valence-corrected chi connectivity index (χ2v) is 5.35. The molecule has 0 aromatic carbocycles. The minimum atomic E-state index is -0.252. The Morgan fingerprint density at radius 2 is 2.09 bits per heavy atom. The van der Waals surface area contributed by atoms with Crippen molar-refractivity contribution in [3.8, 4) is 11.5 Å². The van der Waals surface area contributed by atoms with Crippen LogP contribution in [0.4, 0.5) is 0 Å². The lowest BCUT2D eigenvalue weighted by Gasteiger charge is -2.22. The van der Waals surface area contributed by atoms with E-state index in [0.717, 1.165) is 5.76 Å². The van der Waals surface area contributed by atoms with Gasteiger partial charge >= 0.3 is 0 Å². The lowest BCUT2D eigenvalue weighted by molar-refractivity contribution is 0.0934. The van der Waals surface area contributed by atoms with Crippen LogP contribution < -0.4 is 5.32 Å². The Bertz CT molecular complexity index is 744. The Morgan fingerprint density at radius 3 is 2.74 bits per heavy atom. The van der Waals surface area contributed by atoms with Gasteiger partial charge in [0.25, 0.3) is 5.91 Å². The first-order valence-corrected chi connectivity index (χ1v) is 7.22. The van der Waals surface area contributed by atoms with Crippen molar-refractivity contribution in [1.29, 1.82) is 0 Å². The summed E-state index contributed by atoms with van der Waals surface area (Å²) in [4.78, 5) is 14.2. The molecule has 0 aliphatic carbocycles. The van der Waals surface area contributed by atoms with Crippen LogP contribution in [0.25, 0.3) is 11.5 Å². The summed E-state index contributed by atoms with van der Waals surface area (Å²) < 4.78 is 10.7. The van der Waals surface area contributed by atoms with E-state index in [1.807, 2.05) is 31.1 Å². The van der Waals surface area contributed by atoms with Crippen LogP contribution in [-0.4, -0.2) is 41.6 Å². The number of hydrogen-bond acceptors (Lipinski definition) is 5. The van der Waals surface area contributed by atoms with Gasteiger partial charge in [0.2, 0.25) is 0 Å². The number of carbonyl (C=O) groups is 1. The predicted molar refractivity (Wildman–Crippen MR) is 83.8 cm³/mol. The minimum absolute atomic E-state index is 0.0440. The number of carbonyl (C=O) groups excluding carboxylic acids is 1. The Kier molecular flexibility index (Phi) is 4.29. The van der Waals surface area contributed by atoms with Gasteiger partial charge in [0, 0.05) is 12.6 Å². The van der Waals surface area contributed by atoms with E-state index in [1.54, 1.807) is 30.7 Å². The number of likely N-dealkylation sites (N-methyl/N-ethyl adjacent to an activating group) is 1. The number of H-pyrrole nitrogens is 1. The summed E-state index contributed by atoms with van der Waals surface area (Å²) in [5.41, 5.74) is 0.976.